The second kappa shape index (κ2) is 5.66. The smallest absolute Gasteiger partial charge is 0.226 e. The number of hydrogen-bond donors (Lipinski definition) is 2. The number of hydrazone groups is 1. The van der Waals surface area contributed by atoms with Gasteiger partial charge in [-0.05, 0) is 17.7 Å². The van der Waals surface area contributed by atoms with E-state index in [9.17, 15) is 9.90 Å². The van der Waals surface area contributed by atoms with Gasteiger partial charge in [0.2, 0.25) is 6.41 Å². The van der Waals surface area contributed by atoms with Crippen LogP contribution < -0.4 is 5.43 Å². The highest BCUT2D eigenvalue weighted by molar-refractivity contribution is 6.03. The van der Waals surface area contributed by atoms with Gasteiger partial charge < -0.3 is 5.11 Å². The van der Waals surface area contributed by atoms with Crippen molar-refractivity contribution in [2.45, 2.75) is 12.5 Å². The van der Waals surface area contributed by atoms with Gasteiger partial charge in [-0.25, -0.2) is 0 Å². The quantitative estimate of drug-likeness (QED) is 0.844. The third-order valence-electron chi connectivity index (χ3n) is 3.49. The maximum Gasteiger partial charge on any atom is 0.226 e. The molecule has 2 aromatic rings. The molecule has 1 aliphatic heterocycles. The van der Waals surface area contributed by atoms with Gasteiger partial charge in [0.1, 0.15) is 11.8 Å². The van der Waals surface area contributed by atoms with Gasteiger partial charge in [0, 0.05) is 12.0 Å². The van der Waals surface area contributed by atoms with Crippen LogP contribution in [-0.2, 0) is 4.79 Å². The molecular weight excluding hydrogens is 266 g/mol. The Labute approximate surface area is 122 Å². The summed E-state index contributed by atoms with van der Waals surface area (Å²) in [6.07, 6.45) is 1.22. The van der Waals surface area contributed by atoms with Crippen LogP contribution in [0, 0.1) is 0 Å². The number of hydrazine groups is 1. The fraction of sp³-hybridized carbons (Fsp3) is 0.125. The van der Waals surface area contributed by atoms with E-state index in [1.165, 1.54) is 5.12 Å². The number of rotatable bonds is 4. The van der Waals surface area contributed by atoms with E-state index in [-0.39, 0.29) is 11.8 Å². The van der Waals surface area contributed by atoms with Crippen molar-refractivity contribution in [2.75, 3.05) is 0 Å². The van der Waals surface area contributed by atoms with Crippen molar-refractivity contribution in [3.05, 3.63) is 65.7 Å². The van der Waals surface area contributed by atoms with Gasteiger partial charge in [-0.2, -0.15) is 10.2 Å². The van der Waals surface area contributed by atoms with E-state index in [2.05, 4.69) is 10.5 Å². The third kappa shape index (κ3) is 2.58. The molecular formula is C16H15N3O2. The molecule has 0 bridgehead atoms. The molecule has 2 aromatic carbocycles. The zero-order valence-electron chi connectivity index (χ0n) is 11.3. The summed E-state index contributed by atoms with van der Waals surface area (Å²) in [4.78, 5) is 10.8. The van der Waals surface area contributed by atoms with Crippen molar-refractivity contribution in [3.8, 4) is 5.75 Å². The van der Waals surface area contributed by atoms with Crippen molar-refractivity contribution < 1.29 is 9.90 Å². The minimum atomic E-state index is -0.0778. The third-order valence-corrected chi connectivity index (χ3v) is 3.49. The van der Waals surface area contributed by atoms with E-state index in [0.29, 0.717) is 18.4 Å². The average molecular weight is 281 g/mol. The van der Waals surface area contributed by atoms with Crippen molar-refractivity contribution >= 4 is 12.1 Å². The number of hydrogen-bond acceptors (Lipinski definition) is 4. The Bertz CT molecular complexity index is 670. The molecule has 0 aromatic heterocycles. The molecule has 2 N–H and O–H groups in total. The van der Waals surface area contributed by atoms with E-state index in [4.69, 9.17) is 0 Å². The van der Waals surface area contributed by atoms with Gasteiger partial charge in [-0.3, -0.25) is 10.2 Å². The number of nitrogens with one attached hydrogen (secondary N) is 1. The maximum absolute atomic E-state index is 10.8. The van der Waals surface area contributed by atoms with Gasteiger partial charge in [0.25, 0.3) is 0 Å². The Morgan fingerprint density at radius 1 is 1.14 bits per heavy atom. The number of phenolic OH excluding ortho intramolecular Hbond substituents is 1. The Morgan fingerprint density at radius 3 is 2.57 bits per heavy atom. The van der Waals surface area contributed by atoms with E-state index in [0.717, 1.165) is 11.3 Å². The molecule has 3 rings (SSSR count). The summed E-state index contributed by atoms with van der Waals surface area (Å²) in [6, 6.07) is 16.8. The lowest BCUT2D eigenvalue weighted by Crippen LogP contribution is -2.32. The Balaban J connectivity index is 1.93. The molecule has 5 heteroatoms. The molecule has 1 amide bonds. The topological polar surface area (TPSA) is 64.9 Å². The lowest BCUT2D eigenvalue weighted by atomic mass is 9.98. The zero-order valence-corrected chi connectivity index (χ0v) is 11.3. The standard InChI is InChI=1S/C16H15N3O2/c20-11-17-19-15(12-6-2-1-3-7-12)10-14(18-19)13-8-4-5-9-16(13)21/h1-9,11,15,21H,10H2,(H,17,20). The van der Waals surface area contributed by atoms with Gasteiger partial charge >= 0.3 is 0 Å². The molecule has 0 fully saturated rings. The first-order valence-electron chi connectivity index (χ1n) is 6.69. The molecule has 0 saturated heterocycles. The summed E-state index contributed by atoms with van der Waals surface area (Å²) in [6.45, 7) is 0. The minimum absolute atomic E-state index is 0.0778. The molecule has 0 aliphatic carbocycles. The first-order chi connectivity index (χ1) is 10.3. The summed E-state index contributed by atoms with van der Waals surface area (Å²) in [7, 11) is 0. The number of phenols is 1. The number of carbonyl (C=O) groups is 1. The largest absolute Gasteiger partial charge is 0.507 e. The average Bonchev–Trinajstić information content (AvgIpc) is 2.93. The summed E-state index contributed by atoms with van der Waals surface area (Å²) in [5.74, 6) is 0.191. The van der Waals surface area contributed by atoms with Crippen LogP contribution in [0.3, 0.4) is 0 Å². The number of benzene rings is 2. The van der Waals surface area contributed by atoms with Crippen LogP contribution in [-0.4, -0.2) is 22.3 Å². The minimum Gasteiger partial charge on any atom is -0.507 e. The predicted octanol–water partition coefficient (Wildman–Crippen LogP) is 2.20. The normalized spacial score (nSPS) is 17.4. The summed E-state index contributed by atoms with van der Waals surface area (Å²) in [5.41, 5.74) is 5.09. The fourth-order valence-corrected chi connectivity index (χ4v) is 2.50. The van der Waals surface area contributed by atoms with Crippen molar-refractivity contribution in [1.29, 1.82) is 0 Å². The first kappa shape index (κ1) is 13.2. The monoisotopic (exact) mass is 281 g/mol. The number of para-hydroxylation sites is 1. The Hall–Kier alpha value is -2.82. The summed E-state index contributed by atoms with van der Waals surface area (Å²) < 4.78 is 0. The zero-order chi connectivity index (χ0) is 14.7. The summed E-state index contributed by atoms with van der Waals surface area (Å²) >= 11 is 0. The summed E-state index contributed by atoms with van der Waals surface area (Å²) in [5, 5.41) is 15.9. The van der Waals surface area contributed by atoms with E-state index in [1.807, 2.05) is 42.5 Å². The molecule has 0 saturated carbocycles. The molecule has 1 atom stereocenters. The van der Waals surface area contributed by atoms with Gasteiger partial charge in [-0.1, -0.05) is 42.5 Å². The Morgan fingerprint density at radius 2 is 1.86 bits per heavy atom. The van der Waals surface area contributed by atoms with Crippen LogP contribution in [0.25, 0.3) is 0 Å². The molecule has 5 nitrogen and oxygen atoms in total. The van der Waals surface area contributed by atoms with Gasteiger partial charge in [0.15, 0.2) is 0 Å². The van der Waals surface area contributed by atoms with Gasteiger partial charge in [0.05, 0.1) is 5.71 Å². The van der Waals surface area contributed by atoms with Crippen LogP contribution in [0.2, 0.25) is 0 Å². The lowest BCUT2D eigenvalue weighted by Gasteiger charge is -2.21. The van der Waals surface area contributed by atoms with Crippen molar-refractivity contribution in [1.82, 2.24) is 10.5 Å². The predicted molar refractivity (Wildman–Crippen MR) is 79.5 cm³/mol. The van der Waals surface area contributed by atoms with Crippen LogP contribution in [0.4, 0.5) is 0 Å². The second-order valence-electron chi connectivity index (χ2n) is 4.79. The highest BCUT2D eigenvalue weighted by atomic mass is 16.3. The molecule has 106 valence electrons. The molecule has 1 heterocycles. The highest BCUT2D eigenvalue weighted by Gasteiger charge is 2.29. The van der Waals surface area contributed by atoms with Crippen molar-refractivity contribution in [3.63, 3.8) is 0 Å². The number of carbonyl (C=O) groups excluding carboxylic acids is 1. The molecule has 0 spiro atoms. The van der Waals surface area contributed by atoms with Crippen LogP contribution >= 0.6 is 0 Å². The highest BCUT2D eigenvalue weighted by Crippen LogP contribution is 2.32. The van der Waals surface area contributed by atoms with Gasteiger partial charge in [-0.15, -0.1) is 0 Å². The number of aromatic hydroxyl groups is 1. The lowest BCUT2D eigenvalue weighted by molar-refractivity contribution is -0.114. The van der Waals surface area contributed by atoms with E-state index >= 15 is 0 Å². The Kier molecular flexibility index (Phi) is 3.55. The van der Waals surface area contributed by atoms with Crippen LogP contribution in [0.1, 0.15) is 23.6 Å². The maximum atomic E-state index is 10.8. The van der Waals surface area contributed by atoms with E-state index < -0.39 is 0 Å². The number of amides is 1. The fourth-order valence-electron chi connectivity index (χ4n) is 2.50. The van der Waals surface area contributed by atoms with Crippen LogP contribution in [0.5, 0.6) is 5.75 Å². The van der Waals surface area contributed by atoms with Crippen LogP contribution in [0.15, 0.2) is 59.7 Å². The molecule has 1 aliphatic rings. The first-order valence-corrected chi connectivity index (χ1v) is 6.69. The molecule has 0 radical (unpaired) electrons. The van der Waals surface area contributed by atoms with Crippen molar-refractivity contribution in [2.24, 2.45) is 5.10 Å². The van der Waals surface area contributed by atoms with E-state index in [1.54, 1.807) is 12.1 Å². The molecule has 1 unspecified atom stereocenters. The number of nitrogens with zero attached hydrogens (tertiary/aromatic N) is 2. The molecule has 21 heavy (non-hydrogen) atoms. The second-order valence-corrected chi connectivity index (χ2v) is 4.79. The SMILES string of the molecule is O=CNN1N=C(c2ccccc2O)CC1c1ccccc1.